The average Bonchev–Trinajstić information content (AvgIpc) is 0.906. The SMILES string of the molecule is CCCCCCCCCCCCCCCCCC(=O)O[C@H](COC(=O)CCCCCCCCCCCCC)COP(=O)(O)OC[C@H](O)COP(=O)(O)OC[C@@H](COC(=O)CCCCCCCCCCCCCCCC(C)C)OC(=O)CCCCCCCCCCCCCCCCCCCCC(C)CC. The third-order valence-electron chi connectivity index (χ3n) is 20.3. The van der Waals surface area contributed by atoms with Gasteiger partial charge in [0, 0.05) is 25.7 Å². The Bertz CT molecular complexity index is 2000. The number of aliphatic hydroxyl groups is 1. The third-order valence-corrected chi connectivity index (χ3v) is 22.2. The Kier molecular flexibility index (Phi) is 75.0. The molecule has 0 bridgehead atoms. The first-order chi connectivity index (χ1) is 50.4. The van der Waals surface area contributed by atoms with Crippen LogP contribution < -0.4 is 0 Å². The van der Waals surface area contributed by atoms with Crippen molar-refractivity contribution in [2.24, 2.45) is 11.8 Å². The molecule has 0 spiro atoms. The number of carbonyl (C=O) groups is 4. The topological polar surface area (TPSA) is 237 Å². The van der Waals surface area contributed by atoms with E-state index in [0.29, 0.717) is 25.7 Å². The lowest BCUT2D eigenvalue weighted by molar-refractivity contribution is -0.161. The number of ether oxygens (including phenoxy) is 4. The second kappa shape index (κ2) is 76.4. The van der Waals surface area contributed by atoms with Crippen LogP contribution in [0.4, 0.5) is 0 Å². The lowest BCUT2D eigenvalue weighted by atomic mass is 9.99. The number of unbranched alkanes of at least 4 members (excludes halogenated alkanes) is 53. The first-order valence-electron chi connectivity index (χ1n) is 44.0. The molecule has 17 nitrogen and oxygen atoms in total. The molecule has 0 aliphatic rings. The lowest BCUT2D eigenvalue weighted by Gasteiger charge is -2.21. The summed E-state index contributed by atoms with van der Waals surface area (Å²) < 4.78 is 68.9. The van der Waals surface area contributed by atoms with Crippen molar-refractivity contribution in [3.8, 4) is 0 Å². The van der Waals surface area contributed by atoms with Gasteiger partial charge in [0.2, 0.25) is 0 Å². The van der Waals surface area contributed by atoms with E-state index in [1.165, 1.54) is 270 Å². The van der Waals surface area contributed by atoms with Gasteiger partial charge in [-0.3, -0.25) is 37.3 Å². The average molecular weight is 1520 g/mol. The Hall–Kier alpha value is -1.94. The maximum absolute atomic E-state index is 13.1. The first-order valence-corrected chi connectivity index (χ1v) is 47.0. The quantitative estimate of drug-likeness (QED) is 0.0222. The van der Waals surface area contributed by atoms with Crippen molar-refractivity contribution in [2.45, 2.75) is 471 Å². The van der Waals surface area contributed by atoms with Crippen LogP contribution in [0.15, 0.2) is 0 Å². The van der Waals surface area contributed by atoms with Crippen molar-refractivity contribution in [2.75, 3.05) is 39.6 Å². The van der Waals surface area contributed by atoms with E-state index in [4.69, 9.17) is 37.0 Å². The minimum atomic E-state index is -4.96. The van der Waals surface area contributed by atoms with Gasteiger partial charge in [0.1, 0.15) is 19.3 Å². The molecule has 19 heteroatoms. The van der Waals surface area contributed by atoms with E-state index in [0.717, 1.165) is 102 Å². The summed E-state index contributed by atoms with van der Waals surface area (Å²) in [5, 5.41) is 10.7. The van der Waals surface area contributed by atoms with Crippen molar-refractivity contribution in [1.29, 1.82) is 0 Å². The number of hydrogen-bond donors (Lipinski definition) is 3. The monoisotopic (exact) mass is 1520 g/mol. The fourth-order valence-electron chi connectivity index (χ4n) is 13.2. The van der Waals surface area contributed by atoms with Crippen LogP contribution in [0, 0.1) is 11.8 Å². The van der Waals surface area contributed by atoms with E-state index >= 15 is 0 Å². The molecule has 3 N–H and O–H groups in total. The predicted octanol–water partition coefficient (Wildman–Crippen LogP) is 25.8. The minimum Gasteiger partial charge on any atom is -0.462 e. The number of rotatable bonds is 84. The molecule has 0 aliphatic carbocycles. The summed E-state index contributed by atoms with van der Waals surface area (Å²) in [4.78, 5) is 73.2. The molecule has 0 aromatic rings. The van der Waals surface area contributed by atoms with Gasteiger partial charge in [-0.25, -0.2) is 9.13 Å². The molecule has 3 unspecified atom stereocenters. The van der Waals surface area contributed by atoms with Gasteiger partial charge >= 0.3 is 39.5 Å². The van der Waals surface area contributed by atoms with Gasteiger partial charge in [-0.05, 0) is 37.5 Å². The van der Waals surface area contributed by atoms with Crippen molar-refractivity contribution in [3.63, 3.8) is 0 Å². The number of phosphoric ester groups is 2. The summed E-state index contributed by atoms with van der Waals surface area (Å²) >= 11 is 0. The Morgan fingerprint density at radius 2 is 0.490 bits per heavy atom. The van der Waals surface area contributed by atoms with Gasteiger partial charge in [-0.15, -0.1) is 0 Å². The van der Waals surface area contributed by atoms with Gasteiger partial charge in [-0.1, -0.05) is 401 Å². The maximum Gasteiger partial charge on any atom is 0.472 e. The molecule has 0 heterocycles. The van der Waals surface area contributed by atoms with E-state index < -0.39 is 97.5 Å². The summed E-state index contributed by atoms with van der Waals surface area (Å²) in [7, 11) is -9.92. The largest absolute Gasteiger partial charge is 0.472 e. The van der Waals surface area contributed by atoms with Gasteiger partial charge in [0.05, 0.1) is 26.4 Å². The summed E-state index contributed by atoms with van der Waals surface area (Å²) in [5.41, 5.74) is 0. The molecule has 0 fully saturated rings. The van der Waals surface area contributed by atoms with Crippen molar-refractivity contribution in [3.05, 3.63) is 0 Å². The Morgan fingerprint density at radius 3 is 0.731 bits per heavy atom. The standard InChI is InChI=1S/C85H166O17P2/c1-7-10-12-14-16-18-20-21-26-32-39-45-51-57-63-69-84(89)101-80(73-95-82(87)67-61-55-49-43-35-19-17-15-13-11-8-2)75-99-103(91,92)97-71-79(86)72-98-104(93,94)100-76-81(74-96-83(88)68-62-56-50-44-38-34-29-30-36-41-47-53-59-65-77(4)5)102-85(90)70-64-58-52-46-40-33-28-25-23-22-24-27-31-37-42-48-54-60-66-78(6)9-3/h77-81,86H,7-76H2,1-6H3,(H,91,92)(H,93,94)/t78?,79-,80+,81+/m0/s1. The molecule has 104 heavy (non-hydrogen) atoms. The Balaban J connectivity index is 5.23. The zero-order valence-electron chi connectivity index (χ0n) is 68.3. The second-order valence-corrected chi connectivity index (χ2v) is 34.2. The van der Waals surface area contributed by atoms with Gasteiger partial charge in [-0.2, -0.15) is 0 Å². The highest BCUT2D eigenvalue weighted by atomic mass is 31.2. The van der Waals surface area contributed by atoms with Gasteiger partial charge in [0.15, 0.2) is 12.2 Å². The van der Waals surface area contributed by atoms with Crippen LogP contribution in [0.25, 0.3) is 0 Å². The van der Waals surface area contributed by atoms with E-state index in [9.17, 15) is 43.2 Å². The molecule has 0 saturated heterocycles. The number of carbonyl (C=O) groups excluding carboxylic acids is 4. The smallest absolute Gasteiger partial charge is 0.462 e. The predicted molar refractivity (Wildman–Crippen MR) is 428 cm³/mol. The molecule has 0 radical (unpaired) electrons. The van der Waals surface area contributed by atoms with Crippen molar-refractivity contribution in [1.82, 2.24) is 0 Å². The molecule has 6 atom stereocenters. The molecule has 0 amide bonds. The summed E-state index contributed by atoms with van der Waals surface area (Å²) in [6.07, 6.45) is 67.9. The van der Waals surface area contributed by atoms with Crippen LogP contribution in [0.1, 0.15) is 452 Å². The van der Waals surface area contributed by atoms with Crippen LogP contribution in [0.5, 0.6) is 0 Å². The third kappa shape index (κ3) is 76.8. The van der Waals surface area contributed by atoms with Crippen LogP contribution in [-0.4, -0.2) is 96.7 Å². The number of hydrogen-bond acceptors (Lipinski definition) is 15. The summed E-state index contributed by atoms with van der Waals surface area (Å²) in [5.74, 6) is -0.439. The minimum absolute atomic E-state index is 0.109. The lowest BCUT2D eigenvalue weighted by Crippen LogP contribution is -2.30. The zero-order chi connectivity index (χ0) is 76.4. The number of aliphatic hydroxyl groups excluding tert-OH is 1. The number of esters is 4. The fourth-order valence-corrected chi connectivity index (χ4v) is 14.8. The van der Waals surface area contributed by atoms with Gasteiger partial charge < -0.3 is 33.8 Å². The fraction of sp³-hybridized carbons (Fsp3) is 0.953. The molecular formula is C85H166O17P2. The second-order valence-electron chi connectivity index (χ2n) is 31.3. The molecule has 0 saturated carbocycles. The highest BCUT2D eigenvalue weighted by molar-refractivity contribution is 7.47. The van der Waals surface area contributed by atoms with Crippen LogP contribution in [0.2, 0.25) is 0 Å². The number of phosphoric acid groups is 2. The van der Waals surface area contributed by atoms with Crippen LogP contribution >= 0.6 is 15.6 Å². The van der Waals surface area contributed by atoms with Crippen LogP contribution in [-0.2, 0) is 65.4 Å². The molecule has 618 valence electrons. The molecule has 0 aromatic heterocycles. The normalized spacial score (nSPS) is 14.1. The highest BCUT2D eigenvalue weighted by Crippen LogP contribution is 2.45. The Morgan fingerprint density at radius 1 is 0.279 bits per heavy atom. The molecule has 0 rings (SSSR count). The Labute approximate surface area is 638 Å². The van der Waals surface area contributed by atoms with E-state index in [-0.39, 0.29) is 25.7 Å². The van der Waals surface area contributed by atoms with E-state index in [1.807, 2.05) is 0 Å². The summed E-state index contributed by atoms with van der Waals surface area (Å²) in [6, 6.07) is 0. The van der Waals surface area contributed by atoms with Crippen molar-refractivity contribution < 1.29 is 80.2 Å². The molecule has 0 aromatic carbocycles. The van der Waals surface area contributed by atoms with Crippen molar-refractivity contribution >= 4 is 39.5 Å². The maximum atomic E-state index is 13.1. The molecule has 0 aliphatic heterocycles. The van der Waals surface area contributed by atoms with E-state index in [2.05, 4.69) is 41.5 Å². The zero-order valence-corrected chi connectivity index (χ0v) is 70.1. The summed E-state index contributed by atoms with van der Waals surface area (Å²) in [6.45, 7) is 9.75. The van der Waals surface area contributed by atoms with E-state index in [1.54, 1.807) is 0 Å². The van der Waals surface area contributed by atoms with Crippen LogP contribution in [0.3, 0.4) is 0 Å². The highest BCUT2D eigenvalue weighted by Gasteiger charge is 2.30. The first kappa shape index (κ1) is 102. The van der Waals surface area contributed by atoms with Gasteiger partial charge in [0.25, 0.3) is 0 Å². The molecular weight excluding hydrogens is 1350 g/mol.